The molecule has 1 amide bonds. The Morgan fingerprint density at radius 3 is 2.54 bits per heavy atom. The van der Waals surface area contributed by atoms with Crippen LogP contribution >= 0.6 is 0 Å². The highest BCUT2D eigenvalue weighted by molar-refractivity contribution is 5.99. The third-order valence-corrected chi connectivity index (χ3v) is 9.02. The van der Waals surface area contributed by atoms with Gasteiger partial charge in [0.05, 0.1) is 25.2 Å². The molecule has 6 aliphatic rings. The lowest BCUT2D eigenvalue weighted by Crippen LogP contribution is -2.69. The number of piperidine rings is 2. The van der Waals surface area contributed by atoms with Crippen LogP contribution in [0.15, 0.2) is 35.9 Å². The molecule has 1 aliphatic carbocycles. The van der Waals surface area contributed by atoms with Gasteiger partial charge in [0.1, 0.15) is 0 Å². The second-order valence-electron chi connectivity index (χ2n) is 10.3. The van der Waals surface area contributed by atoms with E-state index in [1.165, 1.54) is 30.6 Å². The van der Waals surface area contributed by atoms with Crippen molar-refractivity contribution in [2.75, 3.05) is 24.6 Å². The van der Waals surface area contributed by atoms with Crippen LogP contribution in [0.4, 0.5) is 5.69 Å². The molecule has 3 saturated heterocycles. The van der Waals surface area contributed by atoms with Gasteiger partial charge in [-0.2, -0.15) is 0 Å². The number of carbonyl (C=O) groups is 3. The van der Waals surface area contributed by atoms with E-state index < -0.39 is 24.1 Å². The SMILES string of the molecule is O=C(O)[C@H](O)[C@@H](O)C(=O)O.O=C1C[C@@H]2OCC=C3CN4CC[C@]56c7ccccc7N1[C@H]5[C@H]2[C@H]3C[C@H]46. The number of hydrogen-bond acceptors (Lipinski definition) is 7. The number of ether oxygens (including phenoxy) is 1. The first-order valence-electron chi connectivity index (χ1n) is 12.0. The molecule has 1 spiro atoms. The first-order valence-corrected chi connectivity index (χ1v) is 12.0. The number of benzene rings is 1. The zero-order valence-electron chi connectivity index (χ0n) is 19.0. The number of aliphatic hydroxyl groups is 2. The number of carbonyl (C=O) groups excluding carboxylic acids is 1. The van der Waals surface area contributed by atoms with Crippen LogP contribution in [0.2, 0.25) is 0 Å². The number of nitrogens with zero attached hydrogens (tertiary/aromatic N) is 2. The first-order chi connectivity index (χ1) is 16.8. The maximum absolute atomic E-state index is 13.2. The molecule has 0 radical (unpaired) electrons. The monoisotopic (exact) mass is 484 g/mol. The second kappa shape index (κ2) is 7.86. The molecule has 5 heterocycles. The van der Waals surface area contributed by atoms with Crippen LogP contribution in [0.1, 0.15) is 24.8 Å². The number of aliphatic hydroxyl groups excluding tert-OH is 2. The van der Waals surface area contributed by atoms with Crippen molar-refractivity contribution in [3.05, 3.63) is 41.5 Å². The van der Waals surface area contributed by atoms with Crippen molar-refractivity contribution < 1.29 is 39.5 Å². The number of amides is 1. The van der Waals surface area contributed by atoms with Gasteiger partial charge in [-0.25, -0.2) is 9.59 Å². The molecule has 1 aromatic carbocycles. The summed E-state index contributed by atoms with van der Waals surface area (Å²) in [5.74, 6) is -2.19. The average Bonchev–Trinajstić information content (AvgIpc) is 3.31. The van der Waals surface area contributed by atoms with E-state index in [9.17, 15) is 14.4 Å². The van der Waals surface area contributed by atoms with Gasteiger partial charge in [-0.15, -0.1) is 0 Å². The molecule has 10 heteroatoms. The number of para-hydroxylation sites is 1. The van der Waals surface area contributed by atoms with Crippen molar-refractivity contribution in [1.29, 1.82) is 0 Å². The fourth-order valence-electron chi connectivity index (χ4n) is 7.78. The van der Waals surface area contributed by atoms with Crippen LogP contribution in [-0.2, 0) is 24.5 Å². The van der Waals surface area contributed by atoms with Gasteiger partial charge in [0.2, 0.25) is 5.91 Å². The molecule has 0 aromatic heterocycles. The number of anilines is 1. The Labute approximate surface area is 201 Å². The molecular formula is C25H28N2O8. The molecule has 186 valence electrons. The van der Waals surface area contributed by atoms with E-state index in [2.05, 4.69) is 40.1 Å². The van der Waals surface area contributed by atoms with Crippen molar-refractivity contribution in [3.8, 4) is 0 Å². The van der Waals surface area contributed by atoms with Gasteiger partial charge in [-0.3, -0.25) is 9.69 Å². The van der Waals surface area contributed by atoms with Gasteiger partial charge >= 0.3 is 11.9 Å². The normalized spacial score (nSPS) is 37.3. The smallest absolute Gasteiger partial charge is 0.335 e. The predicted molar refractivity (Wildman–Crippen MR) is 121 cm³/mol. The van der Waals surface area contributed by atoms with Gasteiger partial charge in [0, 0.05) is 29.6 Å². The van der Waals surface area contributed by atoms with E-state index in [-0.39, 0.29) is 17.4 Å². The lowest BCUT2D eigenvalue weighted by Gasteiger charge is -2.58. The minimum atomic E-state index is -2.27. The molecular weight excluding hydrogens is 456 g/mol. The molecule has 8 atom stereocenters. The van der Waals surface area contributed by atoms with Crippen LogP contribution in [0.3, 0.4) is 0 Å². The maximum atomic E-state index is 13.2. The summed E-state index contributed by atoms with van der Waals surface area (Å²) in [6.45, 7) is 2.97. The van der Waals surface area contributed by atoms with Gasteiger partial charge in [-0.05, 0) is 36.9 Å². The topological polar surface area (TPSA) is 148 Å². The molecule has 1 aromatic rings. The molecule has 35 heavy (non-hydrogen) atoms. The quantitative estimate of drug-likeness (QED) is 0.434. The van der Waals surface area contributed by atoms with Crippen LogP contribution < -0.4 is 4.90 Å². The number of aliphatic carboxylic acids is 2. The van der Waals surface area contributed by atoms with E-state index in [4.69, 9.17) is 25.2 Å². The van der Waals surface area contributed by atoms with Crippen LogP contribution in [-0.4, -0.2) is 93.3 Å². The van der Waals surface area contributed by atoms with Crippen LogP contribution in [0, 0.1) is 11.8 Å². The van der Waals surface area contributed by atoms with Gasteiger partial charge in [0.25, 0.3) is 0 Å². The van der Waals surface area contributed by atoms with E-state index in [1.54, 1.807) is 5.57 Å². The van der Waals surface area contributed by atoms with Gasteiger partial charge in [0.15, 0.2) is 12.2 Å². The van der Waals surface area contributed by atoms with Crippen molar-refractivity contribution in [3.63, 3.8) is 0 Å². The maximum Gasteiger partial charge on any atom is 0.335 e. The largest absolute Gasteiger partial charge is 0.479 e. The fourth-order valence-corrected chi connectivity index (χ4v) is 7.78. The third kappa shape index (κ3) is 3.00. The molecule has 7 rings (SSSR count). The van der Waals surface area contributed by atoms with Crippen molar-refractivity contribution in [1.82, 2.24) is 4.90 Å². The Hall–Kier alpha value is -2.79. The summed E-state index contributed by atoms with van der Waals surface area (Å²) in [4.78, 5) is 37.6. The summed E-state index contributed by atoms with van der Waals surface area (Å²) in [5.41, 5.74) is 4.35. The standard InChI is InChI=1S/C21H22N2O2.C4H6O6/c24-18-10-16-19-13-9-17-21(6-7-22(17)11-12(13)5-8-25-16)14-3-1-2-4-15(14)23(18)20(19)21;5-1(3(7)8)2(6)4(9)10/h1-5,13,16-17,19-20H,6-11H2;1-2,5-6H,(H,7,8)(H,9,10)/t13-,16-,17-,19-,20-,21+;1-,2-/m01/s1. The van der Waals surface area contributed by atoms with Crippen molar-refractivity contribution in [2.45, 2.75) is 55.1 Å². The van der Waals surface area contributed by atoms with Crippen molar-refractivity contribution >= 4 is 23.5 Å². The number of fused-ring (bicyclic) bond motifs is 2. The van der Waals surface area contributed by atoms with E-state index >= 15 is 0 Å². The zero-order chi connectivity index (χ0) is 24.6. The Morgan fingerprint density at radius 1 is 1.11 bits per heavy atom. The molecule has 0 unspecified atom stereocenters. The average molecular weight is 485 g/mol. The summed E-state index contributed by atoms with van der Waals surface area (Å²) in [6.07, 6.45) is 0.899. The summed E-state index contributed by atoms with van der Waals surface area (Å²) < 4.78 is 6.25. The number of carboxylic acid groups (broad SMARTS) is 2. The minimum absolute atomic E-state index is 0.104. The summed E-state index contributed by atoms with van der Waals surface area (Å²) in [5, 5.41) is 32.5. The highest BCUT2D eigenvalue weighted by atomic mass is 16.5. The molecule has 1 saturated carbocycles. The molecule has 4 fully saturated rings. The lowest BCUT2D eigenvalue weighted by molar-refractivity contribution is -0.165. The van der Waals surface area contributed by atoms with E-state index in [0.29, 0.717) is 36.9 Å². The summed E-state index contributed by atoms with van der Waals surface area (Å²) in [6, 6.07) is 9.64. The number of carboxylic acids is 2. The minimum Gasteiger partial charge on any atom is -0.479 e. The van der Waals surface area contributed by atoms with Crippen molar-refractivity contribution in [2.24, 2.45) is 11.8 Å². The Balaban J connectivity index is 0.000000198. The summed E-state index contributed by atoms with van der Waals surface area (Å²) in [7, 11) is 0. The third-order valence-electron chi connectivity index (χ3n) is 9.02. The Kier molecular flexibility index (Phi) is 5.09. The Bertz CT molecular complexity index is 1120. The fraction of sp³-hybridized carbons (Fsp3) is 0.560. The molecule has 2 bridgehead atoms. The van der Waals surface area contributed by atoms with Gasteiger partial charge in [-0.1, -0.05) is 29.8 Å². The highest BCUT2D eigenvalue weighted by Crippen LogP contribution is 2.65. The molecule has 10 nitrogen and oxygen atoms in total. The summed E-state index contributed by atoms with van der Waals surface area (Å²) >= 11 is 0. The molecule has 5 aliphatic heterocycles. The molecule has 4 N–H and O–H groups in total. The first kappa shape index (κ1) is 22.7. The van der Waals surface area contributed by atoms with Crippen LogP contribution in [0.5, 0.6) is 0 Å². The Morgan fingerprint density at radius 2 is 1.83 bits per heavy atom. The second-order valence-corrected chi connectivity index (χ2v) is 10.3. The lowest BCUT2D eigenvalue weighted by atomic mass is 9.53. The van der Waals surface area contributed by atoms with Gasteiger partial charge < -0.3 is 30.1 Å². The van der Waals surface area contributed by atoms with Crippen LogP contribution in [0.25, 0.3) is 0 Å². The van der Waals surface area contributed by atoms with E-state index in [1.807, 2.05) is 0 Å². The highest BCUT2D eigenvalue weighted by Gasteiger charge is 2.70. The number of rotatable bonds is 3. The van der Waals surface area contributed by atoms with E-state index in [0.717, 1.165) is 6.54 Å². The number of hydrogen-bond donors (Lipinski definition) is 4. The zero-order valence-corrected chi connectivity index (χ0v) is 19.0. The predicted octanol–water partition coefficient (Wildman–Crippen LogP) is -0.0301.